The van der Waals surface area contributed by atoms with Crippen molar-refractivity contribution >= 4 is 27.5 Å². The topological polar surface area (TPSA) is 86.8 Å². The largest absolute Gasteiger partial charge is 0.352 e. The molecule has 7 nitrogen and oxygen atoms in total. The van der Waals surface area contributed by atoms with Crippen LogP contribution in [0.3, 0.4) is 0 Å². The molecule has 0 bridgehead atoms. The predicted octanol–water partition coefficient (Wildman–Crippen LogP) is 5.84. The van der Waals surface area contributed by atoms with Crippen molar-refractivity contribution in [1.82, 2.24) is 10.2 Å². The Kier molecular flexibility index (Phi) is 10.7. The van der Waals surface area contributed by atoms with Gasteiger partial charge < -0.3 is 10.2 Å². The Morgan fingerprint density at radius 1 is 0.805 bits per heavy atom. The normalized spacial score (nSPS) is 12.9. The zero-order chi connectivity index (χ0) is 30.3. The fourth-order valence-electron chi connectivity index (χ4n) is 4.69. The summed E-state index contributed by atoms with van der Waals surface area (Å²) in [6.07, 6.45) is 1.14. The molecule has 41 heavy (non-hydrogen) atoms. The van der Waals surface area contributed by atoms with E-state index < -0.39 is 28.5 Å². The lowest BCUT2D eigenvalue weighted by Crippen LogP contribution is -2.53. The number of anilines is 1. The van der Waals surface area contributed by atoms with Crippen LogP contribution in [-0.2, 0) is 26.2 Å². The molecule has 0 aliphatic rings. The molecule has 3 aromatic carbocycles. The average Bonchev–Trinajstić information content (AvgIpc) is 2.93. The molecule has 220 valence electrons. The summed E-state index contributed by atoms with van der Waals surface area (Å²) in [5, 5.41) is 3.01. The number of hydrogen-bond donors (Lipinski definition) is 1. The molecule has 0 saturated carbocycles. The summed E-state index contributed by atoms with van der Waals surface area (Å²) in [7, 11) is -4.10. The minimum absolute atomic E-state index is 0.0542. The van der Waals surface area contributed by atoms with Gasteiger partial charge in [-0.1, -0.05) is 79.1 Å². The summed E-state index contributed by atoms with van der Waals surface area (Å²) in [5.74, 6) is -0.700. The molecule has 0 saturated heterocycles. The molecule has 0 radical (unpaired) electrons. The van der Waals surface area contributed by atoms with Crippen LogP contribution in [0.5, 0.6) is 0 Å². The van der Waals surface area contributed by atoms with E-state index in [9.17, 15) is 18.0 Å². The monoisotopic (exact) mass is 577 g/mol. The number of rotatable bonds is 12. The standard InChI is InChI=1S/C33H43N3O4S/c1-8-27(7)34-33(38)30(9-2)35(21-28-15-10-23(3)11-16-28)32(37)22-36(31-19-14-25(5)20-26(31)6)41(39,40)29-17-12-24(4)13-18-29/h10-20,27,30H,8-9,21-22H2,1-7H3,(H,34,38)/t27-,30-/m0/s1. The number of nitrogens with one attached hydrogen (secondary N) is 1. The van der Waals surface area contributed by atoms with E-state index in [1.54, 1.807) is 30.3 Å². The second kappa shape index (κ2) is 13.8. The summed E-state index contributed by atoms with van der Waals surface area (Å²) in [6, 6.07) is 19.0. The molecule has 1 N–H and O–H groups in total. The van der Waals surface area contributed by atoms with Gasteiger partial charge in [0.2, 0.25) is 11.8 Å². The number of hydrogen-bond acceptors (Lipinski definition) is 4. The first-order valence-electron chi connectivity index (χ1n) is 14.2. The van der Waals surface area contributed by atoms with Crippen LogP contribution in [0.15, 0.2) is 71.6 Å². The molecule has 0 aromatic heterocycles. The Labute approximate surface area is 245 Å². The fourth-order valence-corrected chi connectivity index (χ4v) is 6.17. The van der Waals surface area contributed by atoms with Gasteiger partial charge in [-0.3, -0.25) is 13.9 Å². The molecule has 2 amide bonds. The maximum Gasteiger partial charge on any atom is 0.264 e. The number of carbonyl (C=O) groups excluding carboxylic acids is 2. The Bertz CT molecular complexity index is 1450. The fraction of sp³-hybridized carbons (Fsp3) is 0.394. The minimum atomic E-state index is -4.10. The second-order valence-electron chi connectivity index (χ2n) is 10.9. The van der Waals surface area contributed by atoms with E-state index in [4.69, 9.17) is 0 Å². The van der Waals surface area contributed by atoms with Crippen LogP contribution in [0.4, 0.5) is 5.69 Å². The maximum atomic E-state index is 14.2. The number of amides is 2. The predicted molar refractivity (Wildman–Crippen MR) is 165 cm³/mol. The van der Waals surface area contributed by atoms with Crippen LogP contribution in [0.2, 0.25) is 0 Å². The molecular formula is C33H43N3O4S. The molecule has 0 spiro atoms. The number of carbonyl (C=O) groups is 2. The first-order valence-corrected chi connectivity index (χ1v) is 15.6. The smallest absolute Gasteiger partial charge is 0.264 e. The third kappa shape index (κ3) is 7.97. The first-order chi connectivity index (χ1) is 19.4. The van der Waals surface area contributed by atoms with Crippen molar-refractivity contribution in [2.75, 3.05) is 10.8 Å². The highest BCUT2D eigenvalue weighted by atomic mass is 32.2. The zero-order valence-corrected chi connectivity index (χ0v) is 26.1. The number of nitrogens with zero attached hydrogens (tertiary/aromatic N) is 2. The van der Waals surface area contributed by atoms with E-state index in [-0.39, 0.29) is 23.4 Å². The average molecular weight is 578 g/mol. The second-order valence-corrected chi connectivity index (χ2v) is 12.7. The third-order valence-corrected chi connectivity index (χ3v) is 9.14. The van der Waals surface area contributed by atoms with Crippen LogP contribution in [0.25, 0.3) is 0 Å². The van der Waals surface area contributed by atoms with Gasteiger partial charge in [0.15, 0.2) is 0 Å². The summed E-state index contributed by atoms with van der Waals surface area (Å²) in [4.78, 5) is 29.2. The minimum Gasteiger partial charge on any atom is -0.352 e. The molecular weight excluding hydrogens is 534 g/mol. The van der Waals surface area contributed by atoms with Gasteiger partial charge in [-0.25, -0.2) is 8.42 Å². The van der Waals surface area contributed by atoms with Crippen LogP contribution in [0, 0.1) is 27.7 Å². The van der Waals surface area contributed by atoms with Crippen LogP contribution < -0.4 is 9.62 Å². The van der Waals surface area contributed by atoms with Crippen molar-refractivity contribution in [1.29, 1.82) is 0 Å². The molecule has 3 aromatic rings. The van der Waals surface area contributed by atoms with E-state index >= 15 is 0 Å². The zero-order valence-electron chi connectivity index (χ0n) is 25.3. The Morgan fingerprint density at radius 3 is 1.90 bits per heavy atom. The van der Waals surface area contributed by atoms with Gasteiger partial charge in [-0.15, -0.1) is 0 Å². The Balaban J connectivity index is 2.09. The maximum absolute atomic E-state index is 14.2. The van der Waals surface area contributed by atoms with Gasteiger partial charge in [0.25, 0.3) is 10.0 Å². The SMILES string of the molecule is CC[C@H](C)NC(=O)[C@H](CC)N(Cc1ccc(C)cc1)C(=O)CN(c1ccc(C)cc1C)S(=O)(=O)c1ccc(C)cc1. The van der Waals surface area contributed by atoms with Gasteiger partial charge in [0.1, 0.15) is 12.6 Å². The van der Waals surface area contributed by atoms with Crippen molar-refractivity contribution < 1.29 is 18.0 Å². The highest BCUT2D eigenvalue weighted by Gasteiger charge is 2.34. The number of sulfonamides is 1. The van der Waals surface area contributed by atoms with Crippen molar-refractivity contribution in [2.24, 2.45) is 0 Å². The molecule has 0 heterocycles. The van der Waals surface area contributed by atoms with Gasteiger partial charge in [-0.2, -0.15) is 0 Å². The highest BCUT2D eigenvalue weighted by Crippen LogP contribution is 2.28. The lowest BCUT2D eigenvalue weighted by atomic mass is 10.1. The van der Waals surface area contributed by atoms with E-state index in [2.05, 4.69) is 5.32 Å². The van der Waals surface area contributed by atoms with Gasteiger partial charge in [0, 0.05) is 12.6 Å². The number of aryl methyl sites for hydroxylation is 4. The van der Waals surface area contributed by atoms with Gasteiger partial charge in [0.05, 0.1) is 10.6 Å². The lowest BCUT2D eigenvalue weighted by molar-refractivity contribution is -0.140. The quantitative estimate of drug-likeness (QED) is 0.293. The Morgan fingerprint density at radius 2 is 1.37 bits per heavy atom. The number of benzene rings is 3. The van der Waals surface area contributed by atoms with Crippen LogP contribution in [-0.4, -0.2) is 43.8 Å². The highest BCUT2D eigenvalue weighted by molar-refractivity contribution is 7.92. The summed E-state index contributed by atoms with van der Waals surface area (Å²) < 4.78 is 29.3. The van der Waals surface area contributed by atoms with Gasteiger partial charge >= 0.3 is 0 Å². The molecule has 0 aliphatic heterocycles. The van der Waals surface area contributed by atoms with Crippen molar-refractivity contribution in [2.45, 2.75) is 84.8 Å². The van der Waals surface area contributed by atoms with E-state index in [1.165, 1.54) is 9.21 Å². The molecule has 0 aliphatic carbocycles. The molecule has 0 fully saturated rings. The van der Waals surface area contributed by atoms with E-state index in [0.717, 1.165) is 34.2 Å². The van der Waals surface area contributed by atoms with Crippen molar-refractivity contribution in [3.05, 3.63) is 94.5 Å². The molecule has 8 heteroatoms. The van der Waals surface area contributed by atoms with Gasteiger partial charge in [-0.05, 0) is 76.8 Å². The van der Waals surface area contributed by atoms with Crippen molar-refractivity contribution in [3.63, 3.8) is 0 Å². The van der Waals surface area contributed by atoms with Crippen LogP contribution in [0.1, 0.15) is 61.4 Å². The molecule has 2 atom stereocenters. The van der Waals surface area contributed by atoms with E-state index in [0.29, 0.717) is 12.1 Å². The molecule has 3 rings (SSSR count). The third-order valence-electron chi connectivity index (χ3n) is 7.37. The van der Waals surface area contributed by atoms with Crippen LogP contribution >= 0.6 is 0 Å². The molecule has 0 unspecified atom stereocenters. The summed E-state index contributed by atoms with van der Waals surface area (Å²) in [5.41, 5.74) is 5.02. The summed E-state index contributed by atoms with van der Waals surface area (Å²) in [6.45, 7) is 13.1. The van der Waals surface area contributed by atoms with Crippen molar-refractivity contribution in [3.8, 4) is 0 Å². The Hall–Kier alpha value is -3.65. The first kappa shape index (κ1) is 31.9. The van der Waals surface area contributed by atoms with E-state index in [1.807, 2.05) is 84.9 Å². The lowest BCUT2D eigenvalue weighted by Gasteiger charge is -2.34. The summed E-state index contributed by atoms with van der Waals surface area (Å²) >= 11 is 0.